The van der Waals surface area contributed by atoms with Crippen molar-refractivity contribution in [2.24, 2.45) is 0 Å². The summed E-state index contributed by atoms with van der Waals surface area (Å²) in [6.07, 6.45) is 1.73. The Morgan fingerprint density at radius 3 is 2.22 bits per heavy atom. The maximum atomic E-state index is 12.8. The molecule has 0 aliphatic carbocycles. The summed E-state index contributed by atoms with van der Waals surface area (Å²) in [7, 11) is 0. The van der Waals surface area contributed by atoms with Crippen LogP contribution in [-0.2, 0) is 0 Å². The fourth-order valence-electron chi connectivity index (χ4n) is 2.82. The molecule has 0 saturated carbocycles. The molecule has 2 aromatic carbocycles. The Morgan fingerprint density at radius 2 is 1.63 bits per heavy atom. The standard InChI is InChI=1S/C20H18Cl3N3O/c1-3-25(4-2)20(27)18-12-26(15-8-5-13(21)6-9-15)19(24-18)16-10-7-14(22)11-17(16)23/h5-12H,3-4H2,1-2H3. The third-order valence-corrected chi connectivity index (χ3v) is 5.05. The summed E-state index contributed by atoms with van der Waals surface area (Å²) in [5.41, 5.74) is 1.87. The van der Waals surface area contributed by atoms with Crippen molar-refractivity contribution >= 4 is 40.7 Å². The van der Waals surface area contributed by atoms with Crippen molar-refractivity contribution < 1.29 is 4.79 Å². The summed E-state index contributed by atoms with van der Waals surface area (Å²) in [6, 6.07) is 12.5. The average Bonchev–Trinajstić information content (AvgIpc) is 3.08. The van der Waals surface area contributed by atoms with Gasteiger partial charge in [-0.2, -0.15) is 0 Å². The molecule has 140 valence electrons. The molecular weight excluding hydrogens is 405 g/mol. The Morgan fingerprint density at radius 1 is 1.00 bits per heavy atom. The molecule has 7 heteroatoms. The summed E-state index contributed by atoms with van der Waals surface area (Å²) in [5, 5.41) is 1.63. The highest BCUT2D eigenvalue weighted by molar-refractivity contribution is 6.36. The van der Waals surface area contributed by atoms with Gasteiger partial charge < -0.3 is 4.90 Å². The van der Waals surface area contributed by atoms with E-state index in [4.69, 9.17) is 34.8 Å². The number of aromatic nitrogens is 2. The first-order chi connectivity index (χ1) is 12.9. The number of nitrogens with zero attached hydrogens (tertiary/aromatic N) is 3. The lowest BCUT2D eigenvalue weighted by atomic mass is 10.2. The van der Waals surface area contributed by atoms with E-state index in [1.165, 1.54) is 0 Å². The van der Waals surface area contributed by atoms with Gasteiger partial charge in [0, 0.05) is 40.6 Å². The Bertz CT molecular complexity index is 963. The zero-order valence-electron chi connectivity index (χ0n) is 14.9. The molecule has 0 bridgehead atoms. The van der Waals surface area contributed by atoms with Gasteiger partial charge in [-0.05, 0) is 56.3 Å². The second-order valence-corrected chi connectivity index (χ2v) is 7.18. The third-order valence-electron chi connectivity index (χ3n) is 4.25. The van der Waals surface area contributed by atoms with Crippen LogP contribution in [0.3, 0.4) is 0 Å². The molecule has 0 saturated heterocycles. The van der Waals surface area contributed by atoms with E-state index in [1.54, 1.807) is 41.4 Å². The number of carbonyl (C=O) groups is 1. The van der Waals surface area contributed by atoms with Crippen molar-refractivity contribution in [1.29, 1.82) is 0 Å². The minimum atomic E-state index is -0.126. The van der Waals surface area contributed by atoms with Gasteiger partial charge in [0.05, 0.1) is 5.02 Å². The zero-order chi connectivity index (χ0) is 19.6. The highest BCUT2D eigenvalue weighted by atomic mass is 35.5. The quantitative estimate of drug-likeness (QED) is 0.507. The van der Waals surface area contributed by atoms with Crippen LogP contribution in [0.2, 0.25) is 15.1 Å². The number of amides is 1. The monoisotopic (exact) mass is 421 g/mol. The number of hydrogen-bond acceptors (Lipinski definition) is 2. The number of carbonyl (C=O) groups excluding carboxylic acids is 1. The van der Waals surface area contributed by atoms with Crippen LogP contribution in [0.5, 0.6) is 0 Å². The molecule has 0 atom stereocenters. The minimum absolute atomic E-state index is 0.126. The summed E-state index contributed by atoms with van der Waals surface area (Å²) in [4.78, 5) is 19.1. The van der Waals surface area contributed by atoms with E-state index in [2.05, 4.69) is 4.98 Å². The zero-order valence-corrected chi connectivity index (χ0v) is 17.2. The summed E-state index contributed by atoms with van der Waals surface area (Å²) < 4.78 is 1.84. The van der Waals surface area contributed by atoms with E-state index >= 15 is 0 Å². The highest BCUT2D eigenvalue weighted by Crippen LogP contribution is 2.32. The molecular formula is C20H18Cl3N3O. The first-order valence-electron chi connectivity index (χ1n) is 8.54. The number of rotatable bonds is 5. The van der Waals surface area contributed by atoms with Gasteiger partial charge in [0.25, 0.3) is 5.91 Å². The molecule has 0 aliphatic rings. The van der Waals surface area contributed by atoms with Crippen LogP contribution in [0.4, 0.5) is 0 Å². The molecule has 0 N–H and O–H groups in total. The molecule has 4 nitrogen and oxygen atoms in total. The average molecular weight is 423 g/mol. The number of hydrogen-bond donors (Lipinski definition) is 0. The maximum Gasteiger partial charge on any atom is 0.274 e. The smallest absolute Gasteiger partial charge is 0.274 e. The lowest BCUT2D eigenvalue weighted by molar-refractivity contribution is 0.0767. The fourth-order valence-corrected chi connectivity index (χ4v) is 3.43. The van der Waals surface area contributed by atoms with Crippen LogP contribution in [0.1, 0.15) is 24.3 Å². The molecule has 0 unspecified atom stereocenters. The van der Waals surface area contributed by atoms with Crippen LogP contribution < -0.4 is 0 Å². The molecule has 1 aromatic heterocycles. The first-order valence-corrected chi connectivity index (χ1v) is 9.68. The lowest BCUT2D eigenvalue weighted by Crippen LogP contribution is -2.30. The van der Waals surface area contributed by atoms with Gasteiger partial charge in [0.2, 0.25) is 0 Å². The first kappa shape index (κ1) is 19.7. The minimum Gasteiger partial charge on any atom is -0.338 e. The second-order valence-electron chi connectivity index (χ2n) is 5.90. The summed E-state index contributed by atoms with van der Waals surface area (Å²) in [5.74, 6) is 0.438. The molecule has 0 radical (unpaired) electrons. The van der Waals surface area contributed by atoms with Crippen LogP contribution in [0.15, 0.2) is 48.7 Å². The van der Waals surface area contributed by atoms with Gasteiger partial charge >= 0.3 is 0 Å². The van der Waals surface area contributed by atoms with Crippen LogP contribution in [0.25, 0.3) is 17.1 Å². The molecule has 27 heavy (non-hydrogen) atoms. The van der Waals surface area contributed by atoms with E-state index in [-0.39, 0.29) is 5.91 Å². The molecule has 0 fully saturated rings. The van der Waals surface area contributed by atoms with Gasteiger partial charge in [-0.25, -0.2) is 4.98 Å². The van der Waals surface area contributed by atoms with E-state index in [0.29, 0.717) is 45.2 Å². The Balaban J connectivity index is 2.17. The van der Waals surface area contributed by atoms with Crippen molar-refractivity contribution in [2.45, 2.75) is 13.8 Å². The Hall–Kier alpha value is -2.01. The van der Waals surface area contributed by atoms with Crippen molar-refractivity contribution in [3.8, 4) is 17.1 Å². The Labute approximate surface area is 173 Å². The largest absolute Gasteiger partial charge is 0.338 e. The molecule has 0 spiro atoms. The van der Waals surface area contributed by atoms with Gasteiger partial charge in [-0.15, -0.1) is 0 Å². The van der Waals surface area contributed by atoms with Gasteiger partial charge in [0.15, 0.2) is 0 Å². The van der Waals surface area contributed by atoms with Gasteiger partial charge in [0.1, 0.15) is 11.5 Å². The van der Waals surface area contributed by atoms with Crippen molar-refractivity contribution in [2.75, 3.05) is 13.1 Å². The van der Waals surface area contributed by atoms with Crippen LogP contribution in [-0.4, -0.2) is 33.4 Å². The summed E-state index contributed by atoms with van der Waals surface area (Å²) >= 11 is 18.4. The van der Waals surface area contributed by atoms with Gasteiger partial charge in [-0.3, -0.25) is 9.36 Å². The molecule has 0 aliphatic heterocycles. The predicted octanol–water partition coefficient (Wildman–Crippen LogP) is 5.98. The van der Waals surface area contributed by atoms with Gasteiger partial charge in [-0.1, -0.05) is 34.8 Å². The third kappa shape index (κ3) is 4.13. The molecule has 3 aromatic rings. The SMILES string of the molecule is CCN(CC)C(=O)c1cn(-c2ccc(Cl)cc2)c(-c2ccc(Cl)cc2Cl)n1. The maximum absolute atomic E-state index is 12.8. The van der Waals surface area contributed by atoms with Crippen LogP contribution >= 0.6 is 34.8 Å². The number of halogens is 3. The van der Waals surface area contributed by atoms with Crippen molar-refractivity contribution in [3.05, 3.63) is 69.4 Å². The van der Waals surface area contributed by atoms with Crippen molar-refractivity contribution in [3.63, 3.8) is 0 Å². The highest BCUT2D eigenvalue weighted by Gasteiger charge is 2.21. The van der Waals surface area contributed by atoms with Crippen molar-refractivity contribution in [1.82, 2.24) is 14.5 Å². The van der Waals surface area contributed by atoms with Crippen LogP contribution in [0, 0.1) is 0 Å². The van der Waals surface area contributed by atoms with E-state index in [0.717, 1.165) is 5.69 Å². The topological polar surface area (TPSA) is 38.1 Å². The molecule has 1 amide bonds. The normalized spacial score (nSPS) is 10.9. The lowest BCUT2D eigenvalue weighted by Gasteiger charge is -2.16. The number of imidazole rings is 1. The second kappa shape index (κ2) is 8.34. The fraction of sp³-hybridized carbons (Fsp3) is 0.200. The predicted molar refractivity (Wildman–Crippen MR) is 111 cm³/mol. The van der Waals surface area contributed by atoms with E-state index in [9.17, 15) is 4.79 Å². The van der Waals surface area contributed by atoms with E-state index in [1.807, 2.05) is 30.5 Å². The summed E-state index contributed by atoms with van der Waals surface area (Å²) in [6.45, 7) is 5.10. The number of benzene rings is 2. The molecule has 1 heterocycles. The molecule has 3 rings (SSSR count). The Kier molecular flexibility index (Phi) is 6.10. The van der Waals surface area contributed by atoms with E-state index < -0.39 is 0 Å².